The average molecular weight is 270 g/mol. The molecule has 0 bridgehead atoms. The van der Waals surface area contributed by atoms with Crippen LogP contribution in [0.1, 0.15) is 51.9 Å². The molecule has 0 aromatic carbocycles. The van der Waals surface area contributed by atoms with Crippen LogP contribution in [0.5, 0.6) is 0 Å². The maximum Gasteiger partial charge on any atom is 0.222 e. The quantitative estimate of drug-likeness (QED) is 0.801. The Balaban J connectivity index is 2.39. The number of aliphatic hydroxyl groups excluding tert-OH is 1. The lowest BCUT2D eigenvalue weighted by atomic mass is 10.0. The molecule has 1 aliphatic heterocycles. The molecule has 112 valence electrons. The van der Waals surface area contributed by atoms with Crippen molar-refractivity contribution in [3.8, 4) is 0 Å². The molecule has 1 fully saturated rings. The predicted octanol–water partition coefficient (Wildman–Crippen LogP) is 1.87. The first-order chi connectivity index (χ1) is 9.00. The van der Waals surface area contributed by atoms with E-state index in [9.17, 15) is 9.90 Å². The number of nitrogens with zero attached hydrogens (tertiary/aromatic N) is 2. The summed E-state index contributed by atoms with van der Waals surface area (Å²) in [4.78, 5) is 15.7. The van der Waals surface area contributed by atoms with Crippen LogP contribution >= 0.6 is 0 Å². The molecule has 2 unspecified atom stereocenters. The molecule has 1 saturated heterocycles. The van der Waals surface area contributed by atoms with Crippen LogP contribution in [0.2, 0.25) is 0 Å². The highest BCUT2D eigenvalue weighted by Crippen LogP contribution is 2.21. The van der Waals surface area contributed by atoms with E-state index in [1.54, 1.807) is 4.90 Å². The molecule has 0 aliphatic carbocycles. The second-order valence-corrected chi connectivity index (χ2v) is 6.02. The molecular formula is C15H30N2O2. The Kier molecular flexibility index (Phi) is 7.39. The van der Waals surface area contributed by atoms with Crippen LogP contribution < -0.4 is 0 Å². The van der Waals surface area contributed by atoms with Gasteiger partial charge in [0.2, 0.25) is 5.91 Å². The Bertz CT molecular complexity index is 267. The van der Waals surface area contributed by atoms with E-state index in [4.69, 9.17) is 0 Å². The molecule has 1 heterocycles. The maximum absolute atomic E-state index is 11.6. The van der Waals surface area contributed by atoms with Gasteiger partial charge in [-0.15, -0.1) is 0 Å². The van der Waals surface area contributed by atoms with Gasteiger partial charge < -0.3 is 14.9 Å². The topological polar surface area (TPSA) is 43.8 Å². The summed E-state index contributed by atoms with van der Waals surface area (Å²) in [6.07, 6.45) is 7.19. The van der Waals surface area contributed by atoms with Gasteiger partial charge in [0.25, 0.3) is 0 Å². The van der Waals surface area contributed by atoms with Gasteiger partial charge in [-0.2, -0.15) is 0 Å². The van der Waals surface area contributed by atoms with E-state index in [0.29, 0.717) is 12.5 Å². The molecule has 1 N–H and O–H groups in total. The summed E-state index contributed by atoms with van der Waals surface area (Å²) in [5.41, 5.74) is 0. The first-order valence-electron chi connectivity index (χ1n) is 7.63. The van der Waals surface area contributed by atoms with Gasteiger partial charge in [0.05, 0.1) is 6.10 Å². The number of amides is 1. The third kappa shape index (κ3) is 6.39. The van der Waals surface area contributed by atoms with Crippen molar-refractivity contribution >= 4 is 5.91 Å². The molecule has 1 aliphatic rings. The number of rotatable bonds is 6. The zero-order chi connectivity index (χ0) is 14.3. The number of carbonyl (C=O) groups excluding carboxylic acids is 1. The predicted molar refractivity (Wildman–Crippen MR) is 78.1 cm³/mol. The van der Waals surface area contributed by atoms with Crippen molar-refractivity contribution < 1.29 is 9.90 Å². The molecule has 2 atom stereocenters. The highest BCUT2D eigenvalue weighted by atomic mass is 16.3. The molecule has 0 aromatic heterocycles. The van der Waals surface area contributed by atoms with Crippen molar-refractivity contribution in [1.29, 1.82) is 0 Å². The minimum atomic E-state index is -0.228. The Morgan fingerprint density at radius 3 is 2.74 bits per heavy atom. The van der Waals surface area contributed by atoms with Gasteiger partial charge in [0.15, 0.2) is 0 Å². The largest absolute Gasteiger partial charge is 0.393 e. The molecule has 1 amide bonds. The van der Waals surface area contributed by atoms with Gasteiger partial charge in [0, 0.05) is 26.6 Å². The molecule has 1 rings (SSSR count). The number of aliphatic hydroxyl groups is 1. The first-order valence-corrected chi connectivity index (χ1v) is 7.63. The van der Waals surface area contributed by atoms with Crippen molar-refractivity contribution in [2.75, 3.05) is 27.2 Å². The normalized spacial score (nSPS) is 22.8. The van der Waals surface area contributed by atoms with Crippen LogP contribution in [0.15, 0.2) is 0 Å². The third-order valence-corrected chi connectivity index (χ3v) is 3.95. The number of carbonyl (C=O) groups is 1. The summed E-state index contributed by atoms with van der Waals surface area (Å²) in [5, 5.41) is 9.61. The molecule has 0 spiro atoms. The maximum atomic E-state index is 11.6. The van der Waals surface area contributed by atoms with Gasteiger partial charge in [-0.05, 0) is 45.7 Å². The Morgan fingerprint density at radius 1 is 1.37 bits per heavy atom. The summed E-state index contributed by atoms with van der Waals surface area (Å²) in [5.74, 6) is 0.210. The summed E-state index contributed by atoms with van der Waals surface area (Å²) in [6, 6.07) is 0.497. The van der Waals surface area contributed by atoms with Crippen LogP contribution in [0.3, 0.4) is 0 Å². The van der Waals surface area contributed by atoms with E-state index in [-0.39, 0.29) is 12.0 Å². The fraction of sp³-hybridized carbons (Fsp3) is 0.933. The Labute approximate surface area is 117 Å². The fourth-order valence-corrected chi connectivity index (χ4v) is 2.85. The molecular weight excluding hydrogens is 240 g/mol. The molecule has 4 nitrogen and oxygen atoms in total. The van der Waals surface area contributed by atoms with Crippen LogP contribution in [0.4, 0.5) is 0 Å². The molecule has 4 heteroatoms. The van der Waals surface area contributed by atoms with Gasteiger partial charge in [-0.3, -0.25) is 4.79 Å². The van der Waals surface area contributed by atoms with Crippen molar-refractivity contribution in [3.63, 3.8) is 0 Å². The van der Waals surface area contributed by atoms with E-state index in [2.05, 4.69) is 4.90 Å². The zero-order valence-electron chi connectivity index (χ0n) is 12.8. The Hall–Kier alpha value is -0.610. The molecule has 0 saturated carbocycles. The molecule has 19 heavy (non-hydrogen) atoms. The summed E-state index contributed by atoms with van der Waals surface area (Å²) in [7, 11) is 3.62. The zero-order valence-corrected chi connectivity index (χ0v) is 12.8. The minimum absolute atomic E-state index is 0.210. The van der Waals surface area contributed by atoms with Gasteiger partial charge in [0.1, 0.15) is 0 Å². The second-order valence-electron chi connectivity index (χ2n) is 6.02. The molecule has 0 radical (unpaired) electrons. The third-order valence-electron chi connectivity index (χ3n) is 3.95. The van der Waals surface area contributed by atoms with Crippen LogP contribution in [-0.2, 0) is 4.79 Å². The number of hydrogen-bond donors (Lipinski definition) is 1. The van der Waals surface area contributed by atoms with Gasteiger partial charge in [-0.25, -0.2) is 0 Å². The van der Waals surface area contributed by atoms with Gasteiger partial charge >= 0.3 is 0 Å². The van der Waals surface area contributed by atoms with E-state index >= 15 is 0 Å². The first kappa shape index (κ1) is 16.4. The highest BCUT2D eigenvalue weighted by Gasteiger charge is 2.22. The lowest BCUT2D eigenvalue weighted by molar-refractivity contribution is -0.128. The summed E-state index contributed by atoms with van der Waals surface area (Å²) < 4.78 is 0. The monoisotopic (exact) mass is 270 g/mol. The standard InChI is InChI=1S/C15H30N2O2/c1-13(18)12-14-8-5-4-6-10-17(14)11-7-9-15(19)16(2)3/h13-14,18H,4-12H2,1-3H3. The van der Waals surface area contributed by atoms with Crippen molar-refractivity contribution in [2.24, 2.45) is 0 Å². The van der Waals surface area contributed by atoms with E-state index < -0.39 is 0 Å². The second kappa shape index (κ2) is 8.54. The fourth-order valence-electron chi connectivity index (χ4n) is 2.85. The van der Waals surface area contributed by atoms with Crippen LogP contribution in [0.25, 0.3) is 0 Å². The lowest BCUT2D eigenvalue weighted by Crippen LogP contribution is -2.38. The average Bonchev–Trinajstić information content (AvgIpc) is 2.54. The minimum Gasteiger partial charge on any atom is -0.393 e. The van der Waals surface area contributed by atoms with Crippen molar-refractivity contribution in [1.82, 2.24) is 9.80 Å². The smallest absolute Gasteiger partial charge is 0.222 e. The summed E-state index contributed by atoms with van der Waals surface area (Å²) in [6.45, 7) is 3.98. The number of likely N-dealkylation sites (tertiary alicyclic amines) is 1. The van der Waals surface area contributed by atoms with E-state index in [1.807, 2.05) is 21.0 Å². The lowest BCUT2D eigenvalue weighted by Gasteiger charge is -2.30. The van der Waals surface area contributed by atoms with Gasteiger partial charge in [-0.1, -0.05) is 12.8 Å². The summed E-state index contributed by atoms with van der Waals surface area (Å²) >= 11 is 0. The van der Waals surface area contributed by atoms with Crippen molar-refractivity contribution in [2.45, 2.75) is 64.0 Å². The number of hydrogen-bond acceptors (Lipinski definition) is 3. The van der Waals surface area contributed by atoms with E-state index in [1.165, 1.54) is 25.7 Å². The molecule has 0 aromatic rings. The van der Waals surface area contributed by atoms with Crippen molar-refractivity contribution in [3.05, 3.63) is 0 Å². The SMILES string of the molecule is CC(O)CC1CCCCCN1CCCC(=O)N(C)C. The highest BCUT2D eigenvalue weighted by molar-refractivity contribution is 5.75. The van der Waals surface area contributed by atoms with Crippen LogP contribution in [-0.4, -0.2) is 60.1 Å². The van der Waals surface area contributed by atoms with Crippen LogP contribution in [0, 0.1) is 0 Å². The Morgan fingerprint density at radius 2 is 2.11 bits per heavy atom. The van der Waals surface area contributed by atoms with E-state index in [0.717, 1.165) is 25.9 Å².